The van der Waals surface area contributed by atoms with Crippen molar-refractivity contribution in [2.75, 3.05) is 5.32 Å². The summed E-state index contributed by atoms with van der Waals surface area (Å²) in [6.07, 6.45) is 0. The van der Waals surface area contributed by atoms with Crippen LogP contribution in [0.25, 0.3) is 0 Å². The van der Waals surface area contributed by atoms with Crippen molar-refractivity contribution in [1.82, 2.24) is 0 Å². The van der Waals surface area contributed by atoms with E-state index in [1.807, 2.05) is 20.8 Å². The molecule has 19 heavy (non-hydrogen) atoms. The Morgan fingerprint density at radius 3 is 2.37 bits per heavy atom. The molecule has 0 aliphatic rings. The van der Waals surface area contributed by atoms with Gasteiger partial charge < -0.3 is 5.32 Å². The molecule has 0 saturated carbocycles. The SMILES string of the molecule is Cc1ccc(C)c(C(C)Nc2ccc(F)c(F)c2)c1. The fourth-order valence-corrected chi connectivity index (χ4v) is 2.14. The van der Waals surface area contributed by atoms with Gasteiger partial charge in [0, 0.05) is 17.8 Å². The first kappa shape index (κ1) is 13.5. The lowest BCUT2D eigenvalue weighted by molar-refractivity contribution is 0.509. The Morgan fingerprint density at radius 1 is 0.947 bits per heavy atom. The fourth-order valence-electron chi connectivity index (χ4n) is 2.14. The van der Waals surface area contributed by atoms with Gasteiger partial charge in [0.05, 0.1) is 0 Å². The van der Waals surface area contributed by atoms with Crippen LogP contribution in [-0.4, -0.2) is 0 Å². The molecule has 1 atom stereocenters. The maximum absolute atomic E-state index is 13.2. The van der Waals surface area contributed by atoms with Gasteiger partial charge in [-0.1, -0.05) is 23.8 Å². The number of hydrogen-bond acceptors (Lipinski definition) is 1. The van der Waals surface area contributed by atoms with Crippen LogP contribution in [0.1, 0.15) is 29.7 Å². The molecule has 0 aliphatic heterocycles. The van der Waals surface area contributed by atoms with Crippen LogP contribution in [-0.2, 0) is 0 Å². The Morgan fingerprint density at radius 2 is 1.68 bits per heavy atom. The zero-order valence-corrected chi connectivity index (χ0v) is 11.3. The maximum atomic E-state index is 13.2. The number of aryl methyl sites for hydroxylation is 2. The predicted octanol–water partition coefficient (Wildman–Crippen LogP) is 4.75. The van der Waals surface area contributed by atoms with Crippen molar-refractivity contribution < 1.29 is 8.78 Å². The van der Waals surface area contributed by atoms with Crippen molar-refractivity contribution in [2.45, 2.75) is 26.8 Å². The van der Waals surface area contributed by atoms with Crippen LogP contribution in [0.2, 0.25) is 0 Å². The third-order valence-electron chi connectivity index (χ3n) is 3.20. The van der Waals surface area contributed by atoms with E-state index in [0.717, 1.165) is 11.6 Å². The summed E-state index contributed by atoms with van der Waals surface area (Å²) < 4.78 is 26.0. The topological polar surface area (TPSA) is 12.0 Å². The maximum Gasteiger partial charge on any atom is 0.160 e. The average molecular weight is 261 g/mol. The molecule has 0 radical (unpaired) electrons. The zero-order valence-electron chi connectivity index (χ0n) is 11.3. The van der Waals surface area contributed by atoms with Crippen molar-refractivity contribution in [2.24, 2.45) is 0 Å². The summed E-state index contributed by atoms with van der Waals surface area (Å²) in [4.78, 5) is 0. The molecule has 2 aromatic carbocycles. The molecule has 0 heterocycles. The third kappa shape index (κ3) is 3.11. The fraction of sp³-hybridized carbons (Fsp3) is 0.250. The second-order valence-corrected chi connectivity index (χ2v) is 4.85. The van der Waals surface area contributed by atoms with Crippen LogP contribution in [0.15, 0.2) is 36.4 Å². The molecule has 2 aromatic rings. The summed E-state index contributed by atoms with van der Waals surface area (Å²) >= 11 is 0. The Hall–Kier alpha value is -1.90. The van der Waals surface area contributed by atoms with Crippen LogP contribution in [0.4, 0.5) is 14.5 Å². The van der Waals surface area contributed by atoms with Gasteiger partial charge in [0.25, 0.3) is 0 Å². The highest BCUT2D eigenvalue weighted by Crippen LogP contribution is 2.24. The predicted molar refractivity (Wildman–Crippen MR) is 74.3 cm³/mol. The van der Waals surface area contributed by atoms with E-state index in [1.54, 1.807) is 6.07 Å². The molecule has 3 heteroatoms. The molecular weight excluding hydrogens is 244 g/mol. The normalized spacial score (nSPS) is 12.3. The number of rotatable bonds is 3. The van der Waals surface area contributed by atoms with Gasteiger partial charge >= 0.3 is 0 Å². The molecular formula is C16H17F2N. The lowest BCUT2D eigenvalue weighted by atomic mass is 10.00. The van der Waals surface area contributed by atoms with Gasteiger partial charge in [-0.05, 0) is 44.0 Å². The molecule has 0 aromatic heterocycles. The molecule has 1 unspecified atom stereocenters. The number of anilines is 1. The molecule has 0 amide bonds. The monoisotopic (exact) mass is 261 g/mol. The Kier molecular flexibility index (Phi) is 3.84. The highest BCUT2D eigenvalue weighted by atomic mass is 19.2. The van der Waals surface area contributed by atoms with Gasteiger partial charge in [0.15, 0.2) is 11.6 Å². The van der Waals surface area contributed by atoms with E-state index in [1.165, 1.54) is 17.2 Å². The number of benzene rings is 2. The Bertz CT molecular complexity index is 593. The van der Waals surface area contributed by atoms with E-state index < -0.39 is 11.6 Å². The van der Waals surface area contributed by atoms with E-state index in [-0.39, 0.29) is 6.04 Å². The van der Waals surface area contributed by atoms with Gasteiger partial charge in [-0.25, -0.2) is 8.78 Å². The second kappa shape index (κ2) is 5.39. The first-order valence-corrected chi connectivity index (χ1v) is 6.26. The molecule has 0 aliphatic carbocycles. The summed E-state index contributed by atoms with van der Waals surface area (Å²) in [5, 5.41) is 3.19. The minimum absolute atomic E-state index is 0.0322. The van der Waals surface area contributed by atoms with E-state index in [0.29, 0.717) is 5.69 Å². The average Bonchev–Trinajstić information content (AvgIpc) is 2.36. The van der Waals surface area contributed by atoms with Crippen LogP contribution >= 0.6 is 0 Å². The molecule has 100 valence electrons. The highest BCUT2D eigenvalue weighted by molar-refractivity contribution is 5.47. The van der Waals surface area contributed by atoms with Crippen molar-refractivity contribution in [3.63, 3.8) is 0 Å². The Labute approximate surface area is 112 Å². The van der Waals surface area contributed by atoms with Crippen LogP contribution in [0.3, 0.4) is 0 Å². The van der Waals surface area contributed by atoms with Gasteiger partial charge in [-0.3, -0.25) is 0 Å². The van der Waals surface area contributed by atoms with E-state index in [9.17, 15) is 8.78 Å². The molecule has 0 fully saturated rings. The molecule has 2 rings (SSSR count). The summed E-state index contributed by atoms with van der Waals surface area (Å²) in [5.74, 6) is -1.66. The number of halogens is 2. The highest BCUT2D eigenvalue weighted by Gasteiger charge is 2.10. The molecule has 0 spiro atoms. The summed E-state index contributed by atoms with van der Waals surface area (Å²) in [7, 11) is 0. The van der Waals surface area contributed by atoms with E-state index >= 15 is 0 Å². The van der Waals surface area contributed by atoms with E-state index in [2.05, 4.69) is 23.5 Å². The van der Waals surface area contributed by atoms with E-state index in [4.69, 9.17) is 0 Å². The van der Waals surface area contributed by atoms with Crippen molar-refractivity contribution in [1.29, 1.82) is 0 Å². The minimum Gasteiger partial charge on any atom is -0.378 e. The van der Waals surface area contributed by atoms with Gasteiger partial charge in [-0.15, -0.1) is 0 Å². The summed E-state index contributed by atoms with van der Waals surface area (Å²) in [6, 6.07) is 10.1. The van der Waals surface area contributed by atoms with Crippen molar-refractivity contribution in [3.05, 3.63) is 64.7 Å². The van der Waals surface area contributed by atoms with Crippen LogP contribution in [0.5, 0.6) is 0 Å². The zero-order chi connectivity index (χ0) is 14.0. The third-order valence-corrected chi connectivity index (χ3v) is 3.20. The summed E-state index contributed by atoms with van der Waals surface area (Å²) in [6.45, 7) is 6.08. The van der Waals surface area contributed by atoms with Crippen molar-refractivity contribution in [3.8, 4) is 0 Å². The number of nitrogens with one attached hydrogen (secondary N) is 1. The smallest absolute Gasteiger partial charge is 0.160 e. The van der Waals surface area contributed by atoms with Crippen LogP contribution in [0, 0.1) is 25.5 Å². The molecule has 0 bridgehead atoms. The summed E-state index contributed by atoms with van der Waals surface area (Å²) in [5.41, 5.74) is 4.09. The largest absolute Gasteiger partial charge is 0.378 e. The van der Waals surface area contributed by atoms with Crippen LogP contribution < -0.4 is 5.32 Å². The molecule has 1 N–H and O–H groups in total. The van der Waals surface area contributed by atoms with Gasteiger partial charge in [0.1, 0.15) is 0 Å². The van der Waals surface area contributed by atoms with Crippen molar-refractivity contribution >= 4 is 5.69 Å². The van der Waals surface area contributed by atoms with Gasteiger partial charge in [0.2, 0.25) is 0 Å². The molecule has 1 nitrogen and oxygen atoms in total. The second-order valence-electron chi connectivity index (χ2n) is 4.85. The lowest BCUT2D eigenvalue weighted by Gasteiger charge is -2.18. The Balaban J connectivity index is 2.22. The standard InChI is InChI=1S/C16H17F2N/c1-10-4-5-11(2)14(8-10)12(3)19-13-6-7-15(17)16(18)9-13/h4-9,12,19H,1-3H3. The minimum atomic E-state index is -0.835. The quantitative estimate of drug-likeness (QED) is 0.840. The molecule has 0 saturated heterocycles. The number of hydrogen-bond donors (Lipinski definition) is 1. The first-order chi connectivity index (χ1) is 8.97. The van der Waals surface area contributed by atoms with Gasteiger partial charge in [-0.2, -0.15) is 0 Å². The first-order valence-electron chi connectivity index (χ1n) is 6.26. The lowest BCUT2D eigenvalue weighted by Crippen LogP contribution is -2.08.